The Morgan fingerprint density at radius 1 is 1.29 bits per heavy atom. The fourth-order valence-electron chi connectivity index (χ4n) is 2.74. The van der Waals surface area contributed by atoms with Crippen molar-refractivity contribution in [1.82, 2.24) is 0 Å². The minimum Gasteiger partial charge on any atom is -0.376 e. The molecule has 6 nitrogen and oxygen atoms in total. The number of carbonyl (C=O) groups excluding carboxylic acids is 1. The van der Waals surface area contributed by atoms with E-state index in [-0.39, 0.29) is 30.2 Å². The fourth-order valence-corrected chi connectivity index (χ4v) is 2.74. The first-order valence-electron chi connectivity index (χ1n) is 6.91. The lowest BCUT2D eigenvalue weighted by atomic mass is 9.82. The van der Waals surface area contributed by atoms with Gasteiger partial charge in [0, 0.05) is 24.9 Å². The number of hydrogen-bond acceptors (Lipinski definition) is 5. The Kier molecular flexibility index (Phi) is 5.41. The van der Waals surface area contributed by atoms with Crippen LogP contribution in [-0.4, -0.2) is 36.6 Å². The smallest absolute Gasteiger partial charge is 0.244 e. The standard InChI is InChI=1S/C15H19NO5/c1-20-14-8-13(17)7-12(15(14)16(18)19)10-21-9-11-5-3-2-4-6-11/h2-6,12,14-15H,7-10H2,1H3/t12-,14?,15-/m0/s1. The van der Waals surface area contributed by atoms with Crippen LogP contribution in [0.3, 0.4) is 0 Å². The number of ketones is 1. The summed E-state index contributed by atoms with van der Waals surface area (Å²) in [5.41, 5.74) is 1.00. The Balaban J connectivity index is 1.95. The highest BCUT2D eigenvalue weighted by atomic mass is 16.6. The molecule has 6 heteroatoms. The van der Waals surface area contributed by atoms with Gasteiger partial charge in [0.05, 0.1) is 19.1 Å². The summed E-state index contributed by atoms with van der Waals surface area (Å²) in [6, 6.07) is 8.69. The van der Waals surface area contributed by atoms with E-state index in [0.29, 0.717) is 6.61 Å². The molecule has 21 heavy (non-hydrogen) atoms. The van der Waals surface area contributed by atoms with Crippen molar-refractivity contribution in [3.63, 3.8) is 0 Å². The Hall–Kier alpha value is -1.79. The van der Waals surface area contributed by atoms with E-state index in [2.05, 4.69) is 0 Å². The van der Waals surface area contributed by atoms with Crippen LogP contribution in [0.25, 0.3) is 0 Å². The van der Waals surface area contributed by atoms with Crippen LogP contribution in [0, 0.1) is 16.0 Å². The van der Waals surface area contributed by atoms with E-state index in [9.17, 15) is 14.9 Å². The Morgan fingerprint density at radius 2 is 2.00 bits per heavy atom. The fraction of sp³-hybridized carbons (Fsp3) is 0.533. The van der Waals surface area contributed by atoms with Crippen LogP contribution in [0.1, 0.15) is 18.4 Å². The molecular weight excluding hydrogens is 274 g/mol. The molecule has 0 saturated heterocycles. The largest absolute Gasteiger partial charge is 0.376 e. The third kappa shape index (κ3) is 4.09. The quantitative estimate of drug-likeness (QED) is 0.590. The molecule has 2 rings (SSSR count). The van der Waals surface area contributed by atoms with Gasteiger partial charge in [-0.15, -0.1) is 0 Å². The molecule has 0 N–H and O–H groups in total. The summed E-state index contributed by atoms with van der Waals surface area (Å²) >= 11 is 0. The van der Waals surface area contributed by atoms with Crippen molar-refractivity contribution in [3.8, 4) is 0 Å². The van der Waals surface area contributed by atoms with Gasteiger partial charge in [0.2, 0.25) is 6.04 Å². The number of nitrogens with zero attached hydrogens (tertiary/aromatic N) is 1. The average Bonchev–Trinajstić information content (AvgIpc) is 2.47. The van der Waals surface area contributed by atoms with Gasteiger partial charge in [-0.2, -0.15) is 0 Å². The molecule has 1 aliphatic carbocycles. The summed E-state index contributed by atoms with van der Waals surface area (Å²) in [6.07, 6.45) is -0.371. The molecule has 1 unspecified atom stereocenters. The third-order valence-corrected chi connectivity index (χ3v) is 3.77. The molecule has 0 aliphatic heterocycles. The monoisotopic (exact) mass is 293 g/mol. The van der Waals surface area contributed by atoms with Crippen LogP contribution < -0.4 is 0 Å². The van der Waals surface area contributed by atoms with Crippen molar-refractivity contribution in [3.05, 3.63) is 46.0 Å². The molecule has 114 valence electrons. The van der Waals surface area contributed by atoms with E-state index in [1.54, 1.807) is 0 Å². The van der Waals surface area contributed by atoms with Gasteiger partial charge in [0.15, 0.2) is 0 Å². The normalized spacial score (nSPS) is 25.8. The van der Waals surface area contributed by atoms with Crippen molar-refractivity contribution in [2.24, 2.45) is 5.92 Å². The van der Waals surface area contributed by atoms with Gasteiger partial charge in [0.25, 0.3) is 0 Å². The summed E-state index contributed by atoms with van der Waals surface area (Å²) in [4.78, 5) is 22.6. The van der Waals surface area contributed by atoms with Gasteiger partial charge in [-0.3, -0.25) is 14.9 Å². The second kappa shape index (κ2) is 7.28. The number of ether oxygens (including phenoxy) is 2. The second-order valence-electron chi connectivity index (χ2n) is 5.26. The zero-order valence-corrected chi connectivity index (χ0v) is 11.9. The van der Waals surface area contributed by atoms with Crippen LogP contribution in [-0.2, 0) is 20.9 Å². The van der Waals surface area contributed by atoms with Crippen molar-refractivity contribution < 1.29 is 19.2 Å². The molecule has 0 spiro atoms. The highest BCUT2D eigenvalue weighted by Gasteiger charge is 2.45. The van der Waals surface area contributed by atoms with Crippen LogP contribution in [0.2, 0.25) is 0 Å². The number of nitro groups is 1. The maximum atomic E-state index is 11.7. The van der Waals surface area contributed by atoms with Gasteiger partial charge in [-0.1, -0.05) is 30.3 Å². The SMILES string of the molecule is COC1CC(=O)C[C@@H](COCc2ccccc2)[C@@H]1[N+](=O)[O-]. The summed E-state index contributed by atoms with van der Waals surface area (Å²) in [5, 5.41) is 11.2. The molecule has 1 saturated carbocycles. The summed E-state index contributed by atoms with van der Waals surface area (Å²) < 4.78 is 10.7. The first kappa shape index (κ1) is 15.6. The highest BCUT2D eigenvalue weighted by Crippen LogP contribution is 2.27. The number of rotatable bonds is 6. The van der Waals surface area contributed by atoms with E-state index in [1.165, 1.54) is 7.11 Å². The van der Waals surface area contributed by atoms with Crippen LogP contribution >= 0.6 is 0 Å². The lowest BCUT2D eigenvalue weighted by Crippen LogP contribution is -2.48. The van der Waals surface area contributed by atoms with Crippen LogP contribution in [0.4, 0.5) is 0 Å². The first-order chi connectivity index (χ1) is 10.1. The third-order valence-electron chi connectivity index (χ3n) is 3.77. The molecule has 0 radical (unpaired) electrons. The topological polar surface area (TPSA) is 78.7 Å². The van der Waals surface area contributed by atoms with E-state index in [1.807, 2.05) is 30.3 Å². The van der Waals surface area contributed by atoms with Gasteiger partial charge < -0.3 is 9.47 Å². The first-order valence-corrected chi connectivity index (χ1v) is 6.91. The number of hydrogen-bond donors (Lipinski definition) is 0. The Morgan fingerprint density at radius 3 is 2.62 bits per heavy atom. The average molecular weight is 293 g/mol. The Bertz CT molecular complexity index is 490. The zero-order chi connectivity index (χ0) is 15.2. The van der Waals surface area contributed by atoms with E-state index in [4.69, 9.17) is 9.47 Å². The van der Waals surface area contributed by atoms with E-state index < -0.39 is 18.1 Å². The lowest BCUT2D eigenvalue weighted by molar-refractivity contribution is -0.546. The maximum absolute atomic E-state index is 11.7. The summed E-state index contributed by atoms with van der Waals surface area (Å²) in [7, 11) is 1.40. The molecule has 1 aromatic rings. The number of carbonyl (C=O) groups is 1. The maximum Gasteiger partial charge on any atom is 0.244 e. The van der Waals surface area contributed by atoms with Gasteiger partial charge in [-0.25, -0.2) is 0 Å². The number of Topliss-reactive ketones (excluding diaryl/α,β-unsaturated/α-hetero) is 1. The van der Waals surface area contributed by atoms with Crippen LogP contribution in [0.5, 0.6) is 0 Å². The van der Waals surface area contributed by atoms with Crippen molar-refractivity contribution in [2.75, 3.05) is 13.7 Å². The van der Waals surface area contributed by atoms with Crippen molar-refractivity contribution in [1.29, 1.82) is 0 Å². The molecule has 0 aromatic heterocycles. The molecule has 0 heterocycles. The second-order valence-corrected chi connectivity index (χ2v) is 5.26. The predicted molar refractivity (Wildman–Crippen MR) is 75.4 cm³/mol. The molecule has 1 aliphatic rings. The van der Waals surface area contributed by atoms with Gasteiger partial charge >= 0.3 is 0 Å². The van der Waals surface area contributed by atoms with Crippen LogP contribution in [0.15, 0.2) is 30.3 Å². The van der Waals surface area contributed by atoms with Gasteiger partial charge in [0.1, 0.15) is 11.9 Å². The Labute approximate surface area is 123 Å². The minimum absolute atomic E-state index is 0.00624. The summed E-state index contributed by atoms with van der Waals surface area (Å²) in [5.74, 6) is -0.442. The lowest BCUT2D eigenvalue weighted by Gasteiger charge is -2.30. The number of benzene rings is 1. The molecule has 1 fully saturated rings. The molecule has 0 bridgehead atoms. The molecule has 1 aromatic carbocycles. The minimum atomic E-state index is -0.886. The predicted octanol–water partition coefficient (Wildman–Crippen LogP) is 1.84. The van der Waals surface area contributed by atoms with E-state index >= 15 is 0 Å². The molecule has 3 atom stereocenters. The summed E-state index contributed by atoms with van der Waals surface area (Å²) in [6.45, 7) is 0.569. The van der Waals surface area contributed by atoms with Crippen molar-refractivity contribution >= 4 is 5.78 Å². The zero-order valence-electron chi connectivity index (χ0n) is 11.9. The molecular formula is C15H19NO5. The van der Waals surface area contributed by atoms with Crippen molar-refractivity contribution in [2.45, 2.75) is 31.6 Å². The highest BCUT2D eigenvalue weighted by molar-refractivity contribution is 5.80. The molecule has 0 amide bonds. The van der Waals surface area contributed by atoms with Gasteiger partial charge in [-0.05, 0) is 5.56 Å². The van der Waals surface area contributed by atoms with E-state index in [0.717, 1.165) is 5.56 Å². The number of methoxy groups -OCH3 is 1.